The number of hydrogen-bond donors (Lipinski definition) is 0. The molecule has 0 atom stereocenters. The molecule has 0 aliphatic carbocycles. The van der Waals surface area contributed by atoms with Gasteiger partial charge in [0.25, 0.3) is 0 Å². The Morgan fingerprint density at radius 1 is 0.302 bits per heavy atom. The molecule has 1 aromatic heterocycles. The van der Waals surface area contributed by atoms with Crippen LogP contribution in [0.5, 0.6) is 11.5 Å². The van der Waals surface area contributed by atoms with E-state index in [0.717, 1.165) is 56.1 Å². The third-order valence-corrected chi connectivity index (χ3v) is 13.5. The van der Waals surface area contributed by atoms with Gasteiger partial charge in [-0.2, -0.15) is 0 Å². The number of anilines is 3. The van der Waals surface area contributed by atoms with Crippen LogP contribution in [0.15, 0.2) is 218 Å². The topological polar surface area (TPSA) is 17.4 Å². The molecule has 3 heteroatoms. The summed E-state index contributed by atoms with van der Waals surface area (Å²) in [5, 5.41) is 17.2. The van der Waals surface area contributed by atoms with Gasteiger partial charge in [-0.3, -0.25) is 0 Å². The lowest BCUT2D eigenvalue weighted by Gasteiger charge is -2.34. The number of nitrogens with zero attached hydrogens (tertiary/aromatic N) is 2. The summed E-state index contributed by atoms with van der Waals surface area (Å²) in [5.41, 5.74) is 8.94. The van der Waals surface area contributed by atoms with Crippen molar-refractivity contribution in [1.29, 1.82) is 0 Å². The number of fused-ring (bicyclic) bond motifs is 16. The van der Waals surface area contributed by atoms with E-state index in [2.05, 4.69) is 228 Å². The van der Waals surface area contributed by atoms with Crippen LogP contribution in [0.25, 0.3) is 103 Å². The van der Waals surface area contributed by atoms with Crippen molar-refractivity contribution in [3.8, 4) is 28.3 Å². The van der Waals surface area contributed by atoms with Gasteiger partial charge in [0.15, 0.2) is 11.5 Å². The molecule has 0 saturated heterocycles. The molecule has 0 radical (unpaired) electrons. The summed E-state index contributed by atoms with van der Waals surface area (Å²) >= 11 is 0. The highest BCUT2D eigenvalue weighted by Gasteiger charge is 2.29. The predicted molar refractivity (Wildman–Crippen MR) is 266 cm³/mol. The van der Waals surface area contributed by atoms with Gasteiger partial charge in [-0.25, -0.2) is 0 Å². The van der Waals surface area contributed by atoms with Gasteiger partial charge in [0.05, 0.1) is 28.1 Å². The second kappa shape index (κ2) is 13.1. The Morgan fingerprint density at radius 2 is 0.841 bits per heavy atom. The second-order valence-electron chi connectivity index (χ2n) is 16.8. The largest absolute Gasteiger partial charge is 0.452 e. The smallest absolute Gasteiger partial charge is 0.159 e. The lowest BCUT2D eigenvalue weighted by Crippen LogP contribution is -2.16. The molecule has 0 bridgehead atoms. The Morgan fingerprint density at radius 3 is 1.60 bits per heavy atom. The van der Waals surface area contributed by atoms with Crippen molar-refractivity contribution >= 4 is 104 Å². The molecule has 0 unspecified atom stereocenters. The van der Waals surface area contributed by atoms with Crippen LogP contribution in [0.1, 0.15) is 0 Å². The first-order valence-corrected chi connectivity index (χ1v) is 21.7. The fourth-order valence-electron chi connectivity index (χ4n) is 10.6. The molecule has 12 aromatic carbocycles. The minimum Gasteiger partial charge on any atom is -0.452 e. The van der Waals surface area contributed by atoms with Crippen molar-refractivity contribution < 1.29 is 4.74 Å². The van der Waals surface area contributed by atoms with Crippen molar-refractivity contribution in [3.05, 3.63) is 218 Å². The molecule has 0 spiro atoms. The molecular weight excluding hydrogens is 765 g/mol. The number of benzene rings is 12. The van der Waals surface area contributed by atoms with Gasteiger partial charge in [0.2, 0.25) is 0 Å². The van der Waals surface area contributed by atoms with E-state index in [1.54, 1.807) is 0 Å². The quantitative estimate of drug-likeness (QED) is 0.166. The molecule has 0 amide bonds. The maximum Gasteiger partial charge on any atom is 0.159 e. The molecule has 1 aliphatic heterocycles. The van der Waals surface area contributed by atoms with E-state index in [-0.39, 0.29) is 0 Å². The highest BCUT2D eigenvalue weighted by molar-refractivity contribution is 6.26. The highest BCUT2D eigenvalue weighted by Crippen LogP contribution is 2.55. The summed E-state index contributed by atoms with van der Waals surface area (Å²) in [6.07, 6.45) is 0. The number of hydrogen-bond acceptors (Lipinski definition) is 2. The van der Waals surface area contributed by atoms with Crippen LogP contribution in [0.2, 0.25) is 0 Å². The van der Waals surface area contributed by atoms with Crippen LogP contribution >= 0.6 is 0 Å². The van der Waals surface area contributed by atoms with Crippen molar-refractivity contribution in [3.63, 3.8) is 0 Å². The molecule has 0 N–H and O–H groups in total. The average Bonchev–Trinajstić information content (AvgIpc) is 3.69. The standard InChI is InChI=1S/C60H36N2O/c1-4-16-43-37(12-1)15-11-23-54(43)62-56-32-27-41(35-58(56)63-60-45-18-6-3-14-39(45)25-33-57(60)62)40-26-31-55-53(34-40)51-29-24-38-13-2-5-17-44(38)59(51)61(55)42-28-30-50-48-21-8-7-19-46(48)47-20-9-10-22-49(47)52(50)36-42/h1-36H. The third kappa shape index (κ3) is 4.96. The first kappa shape index (κ1) is 34.3. The van der Waals surface area contributed by atoms with Gasteiger partial charge >= 0.3 is 0 Å². The maximum absolute atomic E-state index is 7.03. The van der Waals surface area contributed by atoms with Gasteiger partial charge in [-0.1, -0.05) is 170 Å². The summed E-state index contributed by atoms with van der Waals surface area (Å²) in [6.45, 7) is 0. The zero-order valence-electron chi connectivity index (χ0n) is 34.1. The van der Waals surface area contributed by atoms with Gasteiger partial charge in [0, 0.05) is 32.6 Å². The lowest BCUT2D eigenvalue weighted by molar-refractivity contribution is 0.483. The van der Waals surface area contributed by atoms with E-state index in [4.69, 9.17) is 4.74 Å². The van der Waals surface area contributed by atoms with Gasteiger partial charge in [-0.05, 0) is 108 Å². The van der Waals surface area contributed by atoms with E-state index in [1.165, 1.54) is 75.7 Å². The SMILES string of the molecule is c1ccc2c(N3c4ccc(-c5ccc6c(c5)c5ccc7ccccc7c5n6-c5ccc6c7ccccc7c7ccccc7c6c5)cc4Oc4c3ccc3ccccc43)cccc2c1. The predicted octanol–water partition coefficient (Wildman–Crippen LogP) is 16.9. The minimum absolute atomic E-state index is 0.828. The Kier molecular flexibility index (Phi) is 7.11. The zero-order chi connectivity index (χ0) is 41.2. The second-order valence-corrected chi connectivity index (χ2v) is 16.8. The fourth-order valence-corrected chi connectivity index (χ4v) is 10.6. The van der Waals surface area contributed by atoms with Gasteiger partial charge in [-0.15, -0.1) is 0 Å². The van der Waals surface area contributed by atoms with E-state index in [1.807, 2.05) is 0 Å². The molecule has 2 heterocycles. The summed E-state index contributed by atoms with van der Waals surface area (Å²) in [7, 11) is 0. The van der Waals surface area contributed by atoms with Crippen LogP contribution in [0.3, 0.4) is 0 Å². The Balaban J connectivity index is 0.982. The van der Waals surface area contributed by atoms with Crippen molar-refractivity contribution in [1.82, 2.24) is 4.57 Å². The third-order valence-electron chi connectivity index (χ3n) is 13.5. The number of aromatic nitrogens is 1. The van der Waals surface area contributed by atoms with Crippen LogP contribution < -0.4 is 9.64 Å². The molecule has 63 heavy (non-hydrogen) atoms. The van der Waals surface area contributed by atoms with Crippen molar-refractivity contribution in [2.75, 3.05) is 4.90 Å². The Labute approximate surface area is 362 Å². The highest BCUT2D eigenvalue weighted by atomic mass is 16.5. The Bertz CT molecular complexity index is 4040. The van der Waals surface area contributed by atoms with Crippen molar-refractivity contribution in [2.24, 2.45) is 0 Å². The molecular formula is C60H36N2O. The molecule has 292 valence electrons. The molecule has 1 aliphatic rings. The monoisotopic (exact) mass is 800 g/mol. The van der Waals surface area contributed by atoms with Crippen LogP contribution in [0, 0.1) is 0 Å². The number of ether oxygens (including phenoxy) is 1. The van der Waals surface area contributed by atoms with E-state index < -0.39 is 0 Å². The lowest BCUT2D eigenvalue weighted by atomic mass is 9.94. The van der Waals surface area contributed by atoms with E-state index >= 15 is 0 Å². The fraction of sp³-hybridized carbons (Fsp3) is 0. The van der Waals surface area contributed by atoms with Crippen LogP contribution in [-0.2, 0) is 0 Å². The van der Waals surface area contributed by atoms with Gasteiger partial charge in [0.1, 0.15) is 0 Å². The number of rotatable bonds is 3. The molecule has 0 saturated carbocycles. The summed E-state index contributed by atoms with van der Waals surface area (Å²) in [5.74, 6) is 1.70. The summed E-state index contributed by atoms with van der Waals surface area (Å²) in [6, 6.07) is 79.8. The molecule has 3 nitrogen and oxygen atoms in total. The molecule has 13 aromatic rings. The Hall–Kier alpha value is -8.40. The van der Waals surface area contributed by atoms with Crippen molar-refractivity contribution in [2.45, 2.75) is 0 Å². The zero-order valence-corrected chi connectivity index (χ0v) is 34.1. The molecule has 14 rings (SSSR count). The first-order chi connectivity index (χ1) is 31.2. The average molecular weight is 801 g/mol. The van der Waals surface area contributed by atoms with Gasteiger partial charge < -0.3 is 14.2 Å². The van der Waals surface area contributed by atoms with Crippen LogP contribution in [0.4, 0.5) is 17.1 Å². The maximum atomic E-state index is 7.03. The minimum atomic E-state index is 0.828. The van der Waals surface area contributed by atoms with Crippen LogP contribution in [-0.4, -0.2) is 4.57 Å². The summed E-state index contributed by atoms with van der Waals surface area (Å²) in [4.78, 5) is 2.38. The normalized spacial score (nSPS) is 12.5. The van der Waals surface area contributed by atoms with E-state index in [9.17, 15) is 0 Å². The molecule has 0 fully saturated rings. The first-order valence-electron chi connectivity index (χ1n) is 21.7. The summed E-state index contributed by atoms with van der Waals surface area (Å²) < 4.78 is 9.52. The van der Waals surface area contributed by atoms with E-state index in [0.29, 0.717) is 0 Å².